The fraction of sp³-hybridized carbons (Fsp3) is 0.350. The number of carboxylic acid groups (broad SMARTS) is 1. The Kier molecular flexibility index (Phi) is 8.54. The number of halogens is 2. The molecule has 5 heterocycles. The standard InChI is InChI=1S/C40H39F2N5O5/c1-22-26(27-9-6-11-29(23(27)2)36-45-31-14-24(17-43-37(31)52-36)18-46-20-40(3,4)21-46)8-5-10-28(22)35-44-30-15-25(19-47-13-7-12-32(47)38(48)49)33(51-39(41)42)16-34(30)50-35/h5-6,8-11,14-17,32,39H,7,12-13,18-21H2,1-4H3,(H,48,49)/t32-/m0/s1. The third kappa shape index (κ3) is 6.41. The van der Waals surface area contributed by atoms with E-state index in [0.717, 1.165) is 64.1 Å². The minimum Gasteiger partial charge on any atom is -0.480 e. The summed E-state index contributed by atoms with van der Waals surface area (Å²) in [6.45, 7) is 9.14. The van der Waals surface area contributed by atoms with E-state index in [1.807, 2.05) is 56.4 Å². The van der Waals surface area contributed by atoms with Crippen molar-refractivity contribution in [3.8, 4) is 39.8 Å². The number of likely N-dealkylation sites (tertiary alicyclic amines) is 2. The first-order chi connectivity index (χ1) is 24.9. The van der Waals surface area contributed by atoms with Crippen LogP contribution in [0.1, 0.15) is 48.9 Å². The van der Waals surface area contributed by atoms with Gasteiger partial charge >= 0.3 is 12.6 Å². The number of nitrogens with zero attached hydrogens (tertiary/aromatic N) is 5. The minimum absolute atomic E-state index is 0.0649. The Morgan fingerprint density at radius 3 is 2.25 bits per heavy atom. The highest BCUT2D eigenvalue weighted by atomic mass is 19.3. The van der Waals surface area contributed by atoms with Gasteiger partial charge in [-0.1, -0.05) is 38.1 Å². The van der Waals surface area contributed by atoms with Gasteiger partial charge in [0.2, 0.25) is 17.5 Å². The van der Waals surface area contributed by atoms with Gasteiger partial charge in [0.25, 0.3) is 0 Å². The van der Waals surface area contributed by atoms with E-state index in [4.69, 9.17) is 23.5 Å². The van der Waals surface area contributed by atoms with Crippen molar-refractivity contribution in [3.05, 3.63) is 83.0 Å². The molecule has 0 aliphatic carbocycles. The Balaban J connectivity index is 1.10. The predicted octanol–water partition coefficient (Wildman–Crippen LogP) is 8.47. The molecule has 0 radical (unpaired) electrons. The Bertz CT molecular complexity index is 2320. The van der Waals surface area contributed by atoms with E-state index in [9.17, 15) is 18.7 Å². The smallest absolute Gasteiger partial charge is 0.387 e. The second kappa shape index (κ2) is 13.1. The summed E-state index contributed by atoms with van der Waals surface area (Å²) < 4.78 is 44.2. The minimum atomic E-state index is -3.06. The SMILES string of the molecule is Cc1c(-c2nc3cc(CN4CCC[C@H]4C(=O)O)c(OC(F)F)cc3o2)cccc1-c1cccc(-c2nc3cc(CN4CC(C)(C)C4)cnc3o2)c1C. The molecule has 2 aliphatic rings. The number of fused-ring (bicyclic) bond motifs is 2. The van der Waals surface area contributed by atoms with Gasteiger partial charge in [0.05, 0.1) is 0 Å². The van der Waals surface area contributed by atoms with Gasteiger partial charge in [-0.25, -0.2) is 15.0 Å². The van der Waals surface area contributed by atoms with E-state index in [2.05, 4.69) is 29.8 Å². The van der Waals surface area contributed by atoms with Crippen LogP contribution in [0.2, 0.25) is 0 Å². The maximum Gasteiger partial charge on any atom is 0.387 e. The number of aliphatic carboxylic acids is 1. The first kappa shape index (κ1) is 33.9. The summed E-state index contributed by atoms with van der Waals surface area (Å²) in [4.78, 5) is 30.1. The van der Waals surface area contributed by atoms with Gasteiger partial charge in [-0.3, -0.25) is 14.6 Å². The molecule has 6 aromatic rings. The average Bonchev–Trinajstić information content (AvgIpc) is 3.82. The number of rotatable bonds is 10. The molecule has 268 valence electrons. The van der Waals surface area contributed by atoms with Crippen LogP contribution in [0.25, 0.3) is 56.4 Å². The molecule has 0 amide bonds. The molecule has 12 heteroatoms. The van der Waals surface area contributed by atoms with E-state index < -0.39 is 18.6 Å². The molecular formula is C40H39F2N5O5. The van der Waals surface area contributed by atoms with Crippen LogP contribution in [0.3, 0.4) is 0 Å². The molecule has 0 bridgehead atoms. The van der Waals surface area contributed by atoms with Crippen LogP contribution in [0, 0.1) is 19.3 Å². The van der Waals surface area contributed by atoms with Crippen molar-refractivity contribution in [3.63, 3.8) is 0 Å². The highest BCUT2D eigenvalue weighted by Crippen LogP contribution is 2.39. The van der Waals surface area contributed by atoms with Gasteiger partial charge in [-0.2, -0.15) is 8.78 Å². The van der Waals surface area contributed by atoms with Gasteiger partial charge in [-0.15, -0.1) is 0 Å². The zero-order valence-corrected chi connectivity index (χ0v) is 29.5. The summed E-state index contributed by atoms with van der Waals surface area (Å²) in [5.41, 5.74) is 9.28. The summed E-state index contributed by atoms with van der Waals surface area (Å²) in [6.07, 6.45) is 3.07. The summed E-state index contributed by atoms with van der Waals surface area (Å²) in [5.74, 6) is -0.171. The molecule has 0 unspecified atom stereocenters. The van der Waals surface area contributed by atoms with Crippen LogP contribution >= 0.6 is 0 Å². The number of alkyl halides is 2. The molecule has 2 saturated heterocycles. The van der Waals surface area contributed by atoms with Crippen molar-refractivity contribution >= 4 is 28.3 Å². The molecule has 3 aromatic heterocycles. The summed E-state index contributed by atoms with van der Waals surface area (Å²) in [6, 6.07) is 16.3. The highest BCUT2D eigenvalue weighted by molar-refractivity contribution is 5.85. The summed E-state index contributed by atoms with van der Waals surface area (Å²) in [5, 5.41) is 9.65. The Morgan fingerprint density at radius 1 is 0.942 bits per heavy atom. The molecule has 2 fully saturated rings. The molecule has 3 aromatic carbocycles. The van der Waals surface area contributed by atoms with Crippen molar-refractivity contribution in [2.75, 3.05) is 19.6 Å². The topological polar surface area (TPSA) is 118 Å². The van der Waals surface area contributed by atoms with Gasteiger partial charge in [0, 0.05) is 55.1 Å². The molecule has 2 aliphatic heterocycles. The molecule has 8 rings (SSSR count). The average molecular weight is 708 g/mol. The maximum atomic E-state index is 13.5. The van der Waals surface area contributed by atoms with Gasteiger partial charge in [0.15, 0.2) is 5.58 Å². The Labute approximate surface area is 299 Å². The number of hydrogen-bond acceptors (Lipinski definition) is 9. The molecule has 10 nitrogen and oxygen atoms in total. The third-order valence-electron chi connectivity index (χ3n) is 10.2. The lowest BCUT2D eigenvalue weighted by Gasteiger charge is -2.45. The molecule has 0 spiro atoms. The van der Waals surface area contributed by atoms with E-state index in [1.165, 1.54) is 6.07 Å². The maximum absolute atomic E-state index is 13.5. The van der Waals surface area contributed by atoms with Crippen molar-refractivity contribution < 1.29 is 32.3 Å². The Hall–Kier alpha value is -5.20. The van der Waals surface area contributed by atoms with Crippen molar-refractivity contribution in [1.82, 2.24) is 24.8 Å². The number of pyridine rings is 1. The third-order valence-corrected chi connectivity index (χ3v) is 10.2. The number of benzene rings is 3. The van der Waals surface area contributed by atoms with Gasteiger partial charge < -0.3 is 18.7 Å². The fourth-order valence-corrected chi connectivity index (χ4v) is 7.88. The lowest BCUT2D eigenvalue weighted by Crippen LogP contribution is -2.52. The number of hydrogen-bond donors (Lipinski definition) is 1. The lowest BCUT2D eigenvalue weighted by molar-refractivity contribution is -0.142. The van der Waals surface area contributed by atoms with Crippen molar-refractivity contribution in [1.29, 1.82) is 0 Å². The molecule has 52 heavy (non-hydrogen) atoms. The second-order valence-corrected chi connectivity index (χ2v) is 14.7. The zero-order chi connectivity index (χ0) is 36.3. The Morgan fingerprint density at radius 2 is 1.60 bits per heavy atom. The number of carboxylic acids is 1. The summed E-state index contributed by atoms with van der Waals surface area (Å²) >= 11 is 0. The fourth-order valence-electron chi connectivity index (χ4n) is 7.88. The first-order valence-corrected chi connectivity index (χ1v) is 17.5. The van der Waals surface area contributed by atoms with E-state index in [-0.39, 0.29) is 17.9 Å². The molecule has 1 N–H and O–H groups in total. The van der Waals surface area contributed by atoms with Crippen LogP contribution < -0.4 is 4.74 Å². The van der Waals surface area contributed by atoms with Gasteiger partial charge in [0.1, 0.15) is 22.8 Å². The van der Waals surface area contributed by atoms with Crippen LogP contribution in [-0.4, -0.2) is 68.1 Å². The number of oxazole rings is 2. The normalized spacial score (nSPS) is 17.7. The van der Waals surface area contributed by atoms with Crippen LogP contribution in [-0.2, 0) is 17.9 Å². The van der Waals surface area contributed by atoms with E-state index >= 15 is 0 Å². The van der Waals surface area contributed by atoms with Crippen molar-refractivity contribution in [2.45, 2.75) is 66.3 Å². The van der Waals surface area contributed by atoms with E-state index in [1.54, 1.807) is 11.0 Å². The summed E-state index contributed by atoms with van der Waals surface area (Å²) in [7, 11) is 0. The predicted molar refractivity (Wildman–Crippen MR) is 192 cm³/mol. The number of carbonyl (C=O) groups is 1. The molecular weight excluding hydrogens is 668 g/mol. The first-order valence-electron chi connectivity index (χ1n) is 17.5. The van der Waals surface area contributed by atoms with Crippen LogP contribution in [0.4, 0.5) is 8.78 Å². The second-order valence-electron chi connectivity index (χ2n) is 14.7. The van der Waals surface area contributed by atoms with Crippen LogP contribution in [0.15, 0.2) is 69.6 Å². The van der Waals surface area contributed by atoms with Crippen molar-refractivity contribution in [2.24, 2.45) is 5.41 Å². The number of aromatic nitrogens is 3. The lowest BCUT2D eigenvalue weighted by atomic mass is 9.84. The molecule has 0 saturated carbocycles. The highest BCUT2D eigenvalue weighted by Gasteiger charge is 2.34. The zero-order valence-electron chi connectivity index (χ0n) is 29.5. The quantitative estimate of drug-likeness (QED) is 0.149. The monoisotopic (exact) mass is 707 g/mol. The van der Waals surface area contributed by atoms with Crippen LogP contribution in [0.5, 0.6) is 5.75 Å². The largest absolute Gasteiger partial charge is 0.480 e. The number of ether oxygens (including phenoxy) is 1. The van der Waals surface area contributed by atoms with E-state index in [0.29, 0.717) is 53.4 Å². The molecule has 1 atom stereocenters. The van der Waals surface area contributed by atoms with Gasteiger partial charge in [-0.05, 0) is 90.7 Å².